The lowest BCUT2D eigenvalue weighted by Gasteiger charge is -2.13. The first-order valence-corrected chi connectivity index (χ1v) is 4.97. The maximum absolute atomic E-state index is 9.14. The van der Waals surface area contributed by atoms with Crippen LogP contribution >= 0.6 is 11.6 Å². The van der Waals surface area contributed by atoms with Crippen LogP contribution in [-0.4, -0.2) is 34.6 Å². The molecule has 1 unspecified atom stereocenters. The second kappa shape index (κ2) is 5.92. The molecule has 84 valence electrons. The molecule has 0 spiro atoms. The average molecular weight is 232 g/mol. The summed E-state index contributed by atoms with van der Waals surface area (Å²) in [5.74, 6) is 0. The summed E-state index contributed by atoms with van der Waals surface area (Å²) in [4.78, 5) is 0. The largest absolute Gasteiger partial charge is 0.394 e. The Morgan fingerprint density at radius 1 is 1.33 bits per heavy atom. The molecule has 0 saturated carbocycles. The van der Waals surface area contributed by atoms with E-state index in [9.17, 15) is 0 Å². The number of anilines is 1. The van der Waals surface area contributed by atoms with E-state index < -0.39 is 6.10 Å². The number of aliphatic hydroxyl groups excluding tert-OH is 3. The van der Waals surface area contributed by atoms with Crippen LogP contribution in [0.4, 0.5) is 5.69 Å². The van der Waals surface area contributed by atoms with Crippen molar-refractivity contribution in [3.8, 4) is 0 Å². The second-order valence-corrected chi connectivity index (χ2v) is 3.61. The topological polar surface area (TPSA) is 72.7 Å². The zero-order chi connectivity index (χ0) is 11.3. The van der Waals surface area contributed by atoms with Crippen LogP contribution in [0.5, 0.6) is 0 Å². The third-order valence-electron chi connectivity index (χ3n) is 1.98. The predicted molar refractivity (Wildman–Crippen MR) is 59.0 cm³/mol. The smallest absolute Gasteiger partial charge is 0.0942 e. The quantitative estimate of drug-likeness (QED) is 0.599. The van der Waals surface area contributed by atoms with E-state index in [-0.39, 0.29) is 19.8 Å². The summed E-state index contributed by atoms with van der Waals surface area (Å²) in [6, 6.07) is 5.06. The summed E-state index contributed by atoms with van der Waals surface area (Å²) in [6.07, 6.45) is -0.813. The molecule has 1 aromatic carbocycles. The highest BCUT2D eigenvalue weighted by atomic mass is 35.5. The Morgan fingerprint density at radius 2 is 2.07 bits per heavy atom. The summed E-state index contributed by atoms with van der Waals surface area (Å²) >= 11 is 5.76. The number of rotatable bonds is 5. The number of hydrogen-bond donors (Lipinski definition) is 4. The Morgan fingerprint density at radius 3 is 2.67 bits per heavy atom. The molecule has 1 rings (SSSR count). The zero-order valence-corrected chi connectivity index (χ0v) is 8.91. The van der Waals surface area contributed by atoms with Gasteiger partial charge in [0.05, 0.1) is 19.3 Å². The fourth-order valence-corrected chi connectivity index (χ4v) is 1.35. The fraction of sp³-hybridized carbons (Fsp3) is 0.400. The highest BCUT2D eigenvalue weighted by Crippen LogP contribution is 2.20. The van der Waals surface area contributed by atoms with Crippen LogP contribution in [0.25, 0.3) is 0 Å². The molecule has 0 saturated heterocycles. The van der Waals surface area contributed by atoms with Crippen LogP contribution < -0.4 is 5.32 Å². The molecule has 4 nitrogen and oxygen atoms in total. The Hall–Kier alpha value is -0.810. The summed E-state index contributed by atoms with van der Waals surface area (Å²) in [6.45, 7) is -0.196. The molecule has 0 aliphatic rings. The minimum absolute atomic E-state index is 0.127. The minimum atomic E-state index is -0.813. The van der Waals surface area contributed by atoms with Crippen LogP contribution in [0.1, 0.15) is 5.56 Å². The van der Waals surface area contributed by atoms with E-state index >= 15 is 0 Å². The number of aliphatic hydroxyl groups is 3. The van der Waals surface area contributed by atoms with Crippen LogP contribution in [-0.2, 0) is 6.61 Å². The molecular weight excluding hydrogens is 218 g/mol. The predicted octanol–water partition coefficient (Wildman–Crippen LogP) is 0.597. The van der Waals surface area contributed by atoms with Gasteiger partial charge in [0.25, 0.3) is 0 Å². The molecule has 0 heterocycles. The Bertz CT molecular complexity index is 320. The number of halogens is 1. The van der Waals surface area contributed by atoms with E-state index in [1.54, 1.807) is 18.2 Å². The van der Waals surface area contributed by atoms with E-state index in [4.69, 9.17) is 26.9 Å². The lowest BCUT2D eigenvalue weighted by Crippen LogP contribution is -2.23. The number of hydrogen-bond acceptors (Lipinski definition) is 4. The van der Waals surface area contributed by atoms with Gasteiger partial charge in [-0.2, -0.15) is 0 Å². The first kappa shape index (κ1) is 12.3. The molecule has 0 radical (unpaired) electrons. The Kier molecular flexibility index (Phi) is 4.84. The average Bonchev–Trinajstić information content (AvgIpc) is 2.26. The van der Waals surface area contributed by atoms with Crippen LogP contribution in [0.15, 0.2) is 18.2 Å². The van der Waals surface area contributed by atoms with Gasteiger partial charge in [0.15, 0.2) is 0 Å². The fourth-order valence-electron chi connectivity index (χ4n) is 1.16. The summed E-state index contributed by atoms with van der Waals surface area (Å²) in [7, 11) is 0. The van der Waals surface area contributed by atoms with E-state index in [2.05, 4.69) is 5.32 Å². The molecule has 1 atom stereocenters. The zero-order valence-electron chi connectivity index (χ0n) is 8.15. The molecule has 5 heteroatoms. The first-order valence-electron chi connectivity index (χ1n) is 4.59. The van der Waals surface area contributed by atoms with Gasteiger partial charge in [-0.05, 0) is 18.2 Å². The van der Waals surface area contributed by atoms with Gasteiger partial charge in [0.1, 0.15) is 0 Å². The highest BCUT2D eigenvalue weighted by molar-refractivity contribution is 6.30. The molecule has 0 amide bonds. The van der Waals surface area contributed by atoms with E-state index in [1.165, 1.54) is 0 Å². The first-order chi connectivity index (χ1) is 7.17. The van der Waals surface area contributed by atoms with Gasteiger partial charge >= 0.3 is 0 Å². The van der Waals surface area contributed by atoms with Crippen molar-refractivity contribution in [2.45, 2.75) is 12.7 Å². The number of nitrogens with one attached hydrogen (secondary N) is 1. The number of benzene rings is 1. The van der Waals surface area contributed by atoms with Crippen molar-refractivity contribution in [1.82, 2.24) is 0 Å². The van der Waals surface area contributed by atoms with E-state index in [0.29, 0.717) is 16.3 Å². The SMILES string of the molecule is OCc1cc(Cl)ccc1NCC(O)CO. The van der Waals surface area contributed by atoms with Gasteiger partial charge in [-0.25, -0.2) is 0 Å². The molecule has 0 aliphatic heterocycles. The van der Waals surface area contributed by atoms with Gasteiger partial charge in [-0.1, -0.05) is 11.6 Å². The molecule has 0 fully saturated rings. The lowest BCUT2D eigenvalue weighted by molar-refractivity contribution is 0.105. The standard InChI is InChI=1S/C10H14ClNO3/c11-8-1-2-10(7(3-8)5-13)12-4-9(15)6-14/h1-3,9,12-15H,4-6H2. The van der Waals surface area contributed by atoms with Crippen LogP contribution in [0.2, 0.25) is 5.02 Å². The second-order valence-electron chi connectivity index (χ2n) is 3.18. The van der Waals surface area contributed by atoms with Crippen LogP contribution in [0, 0.1) is 0 Å². The van der Waals surface area contributed by atoms with E-state index in [0.717, 1.165) is 0 Å². The maximum atomic E-state index is 9.14. The van der Waals surface area contributed by atoms with Gasteiger partial charge in [-0.15, -0.1) is 0 Å². The van der Waals surface area contributed by atoms with Gasteiger partial charge in [0.2, 0.25) is 0 Å². The molecule has 0 bridgehead atoms. The van der Waals surface area contributed by atoms with Gasteiger partial charge in [0, 0.05) is 22.8 Å². The Balaban J connectivity index is 2.67. The minimum Gasteiger partial charge on any atom is -0.394 e. The molecular formula is C10H14ClNO3. The summed E-state index contributed by atoms with van der Waals surface area (Å²) in [5, 5.41) is 30.3. The van der Waals surface area contributed by atoms with Gasteiger partial charge < -0.3 is 20.6 Å². The van der Waals surface area contributed by atoms with Crippen molar-refractivity contribution in [3.63, 3.8) is 0 Å². The van der Waals surface area contributed by atoms with E-state index in [1.807, 2.05) is 0 Å². The van der Waals surface area contributed by atoms with Crippen molar-refractivity contribution >= 4 is 17.3 Å². The molecule has 4 N–H and O–H groups in total. The van der Waals surface area contributed by atoms with Crippen molar-refractivity contribution < 1.29 is 15.3 Å². The lowest BCUT2D eigenvalue weighted by atomic mass is 10.2. The normalized spacial score (nSPS) is 12.5. The highest BCUT2D eigenvalue weighted by Gasteiger charge is 2.05. The van der Waals surface area contributed by atoms with Crippen molar-refractivity contribution in [2.75, 3.05) is 18.5 Å². The molecule has 1 aromatic rings. The van der Waals surface area contributed by atoms with Crippen molar-refractivity contribution in [1.29, 1.82) is 0 Å². The van der Waals surface area contributed by atoms with Crippen molar-refractivity contribution in [2.24, 2.45) is 0 Å². The monoisotopic (exact) mass is 231 g/mol. The third-order valence-corrected chi connectivity index (χ3v) is 2.21. The molecule has 15 heavy (non-hydrogen) atoms. The Labute approximate surface area is 93.1 Å². The molecule has 0 aliphatic carbocycles. The summed E-state index contributed by atoms with van der Waals surface area (Å²) < 4.78 is 0. The third kappa shape index (κ3) is 3.68. The van der Waals surface area contributed by atoms with Crippen molar-refractivity contribution in [3.05, 3.63) is 28.8 Å². The van der Waals surface area contributed by atoms with Gasteiger partial charge in [-0.3, -0.25) is 0 Å². The maximum Gasteiger partial charge on any atom is 0.0942 e. The molecule has 0 aromatic heterocycles. The summed E-state index contributed by atoms with van der Waals surface area (Å²) in [5.41, 5.74) is 1.36. The van der Waals surface area contributed by atoms with Crippen LogP contribution in [0.3, 0.4) is 0 Å².